The van der Waals surface area contributed by atoms with Gasteiger partial charge in [0.1, 0.15) is 41.6 Å². The Hall–Kier alpha value is -7.72. The van der Waals surface area contributed by atoms with Crippen molar-refractivity contribution in [2.75, 3.05) is 25.2 Å². The van der Waals surface area contributed by atoms with Crippen LogP contribution in [-0.2, 0) is 24.5 Å². The summed E-state index contributed by atoms with van der Waals surface area (Å²) in [7, 11) is 1.57. The third-order valence-electron chi connectivity index (χ3n) is 12.6. The molecule has 2 fully saturated rings. The predicted molar refractivity (Wildman–Crippen MR) is 241 cm³/mol. The van der Waals surface area contributed by atoms with Crippen molar-refractivity contribution in [3.63, 3.8) is 0 Å². The Kier molecular flexibility index (Phi) is 11.7. The summed E-state index contributed by atoms with van der Waals surface area (Å²) in [5.74, 6) is 2.28. The molecule has 6 aromatic rings. The molecular weight excluding hydrogens is 823 g/mol. The smallest absolute Gasteiger partial charge is 0.329 e. The fraction of sp³-hybridized carbons (Fsp3) is 0.208. The minimum absolute atomic E-state index is 0.124. The molecule has 0 unspecified atom stereocenters. The third-order valence-corrected chi connectivity index (χ3v) is 12.6. The van der Waals surface area contributed by atoms with E-state index in [1.165, 1.54) is 0 Å². The van der Waals surface area contributed by atoms with Crippen LogP contribution in [-0.4, -0.2) is 65.4 Å². The standard InChI is InChI=1S/C53H45N3O9/c1-33(36-14-6-3-7-15-36)54-52(62)55-42-29-26-35(23-22-34-24-27-39(63-2)28-25-34)32-41(42)53(51(55)61)44(49(58)59)46-50(60)65-47(38-18-10-5-11-19-38)45(37-16-8-4-9-17-37)56(46)48(53)40-20-12-13-21-43(40)64-31-30-57/h3-21,24-29,32-33,44-48,57H,30-31H2,1-2H3,(H,54,62)(H,58,59)/t33-,44+,45+,46+,47-,48-,53+/m1/s1. The fourth-order valence-electron chi connectivity index (χ4n) is 9.82. The van der Waals surface area contributed by atoms with Crippen LogP contribution in [0.4, 0.5) is 10.5 Å². The number of nitrogens with zero attached hydrogens (tertiary/aromatic N) is 2. The number of carboxylic acid groups (broad SMARTS) is 1. The third kappa shape index (κ3) is 7.44. The second-order valence-electron chi connectivity index (χ2n) is 16.1. The highest BCUT2D eigenvalue weighted by molar-refractivity contribution is 6.24. The van der Waals surface area contributed by atoms with E-state index in [1.807, 2.05) is 91.0 Å². The highest BCUT2D eigenvalue weighted by atomic mass is 16.6. The molecule has 3 N–H and O–H groups in total. The van der Waals surface area contributed by atoms with Gasteiger partial charge in [0, 0.05) is 16.7 Å². The van der Waals surface area contributed by atoms with Crippen molar-refractivity contribution in [2.45, 2.75) is 42.6 Å². The fourth-order valence-corrected chi connectivity index (χ4v) is 9.82. The maximum absolute atomic E-state index is 16.3. The first-order chi connectivity index (χ1) is 31.7. The van der Waals surface area contributed by atoms with E-state index in [9.17, 15) is 19.8 Å². The molecule has 0 aromatic heterocycles. The van der Waals surface area contributed by atoms with Crippen molar-refractivity contribution in [3.8, 4) is 23.3 Å². The van der Waals surface area contributed by atoms with Crippen LogP contribution in [0.3, 0.4) is 0 Å². The molecule has 0 saturated carbocycles. The molecule has 7 atom stereocenters. The number of amides is 3. The zero-order valence-corrected chi connectivity index (χ0v) is 35.5. The quantitative estimate of drug-likeness (QED) is 0.0923. The number of anilines is 1. The van der Waals surface area contributed by atoms with E-state index >= 15 is 9.59 Å². The summed E-state index contributed by atoms with van der Waals surface area (Å²) in [4.78, 5) is 63.4. The molecule has 3 aliphatic heterocycles. The molecule has 0 bridgehead atoms. The molecule has 0 radical (unpaired) electrons. The second kappa shape index (κ2) is 17.8. The van der Waals surface area contributed by atoms with Crippen molar-refractivity contribution in [2.24, 2.45) is 5.92 Å². The lowest BCUT2D eigenvalue weighted by molar-refractivity contribution is -0.179. The normalized spacial score (nSPS) is 22.5. The van der Waals surface area contributed by atoms with Crippen LogP contribution in [0.5, 0.6) is 11.5 Å². The van der Waals surface area contributed by atoms with Gasteiger partial charge in [-0.2, -0.15) is 0 Å². The van der Waals surface area contributed by atoms with Gasteiger partial charge in [-0.15, -0.1) is 0 Å². The van der Waals surface area contributed by atoms with Crippen LogP contribution in [0, 0.1) is 17.8 Å². The number of imide groups is 1. The number of esters is 1. The molecule has 1 spiro atoms. The van der Waals surface area contributed by atoms with E-state index in [-0.39, 0.29) is 30.2 Å². The van der Waals surface area contributed by atoms with E-state index in [0.29, 0.717) is 33.6 Å². The van der Waals surface area contributed by atoms with E-state index in [0.717, 1.165) is 10.5 Å². The van der Waals surface area contributed by atoms with E-state index in [2.05, 4.69) is 17.2 Å². The SMILES string of the molecule is COc1ccc(C#Cc2ccc3c(c2)[C@]2(C(=O)N3C(=O)N[C@H](C)c3ccccc3)[C@H](C(=O)O)[C@H]3C(=O)O[C@H](c4ccccc4)[C@H](c4ccccc4)N3[C@@H]2c2ccccc2OCCO)cc1. The number of aliphatic hydroxyl groups is 1. The van der Waals surface area contributed by atoms with Gasteiger partial charge in [-0.25, -0.2) is 9.69 Å². The zero-order chi connectivity index (χ0) is 45.2. The first-order valence-electron chi connectivity index (χ1n) is 21.3. The maximum Gasteiger partial charge on any atom is 0.329 e. The average molecular weight is 868 g/mol. The van der Waals surface area contributed by atoms with Gasteiger partial charge in [0.2, 0.25) is 5.91 Å². The number of hydrogen-bond acceptors (Lipinski definition) is 9. The molecule has 6 aromatic carbocycles. The number of carbonyl (C=O) groups is 4. The Bertz CT molecular complexity index is 2810. The average Bonchev–Trinajstić information content (AvgIpc) is 3.80. The number of urea groups is 1. The van der Waals surface area contributed by atoms with Gasteiger partial charge in [-0.05, 0) is 77.7 Å². The molecule has 3 heterocycles. The molecule has 3 amide bonds. The Labute approximate surface area is 376 Å². The van der Waals surface area contributed by atoms with Gasteiger partial charge in [0.15, 0.2) is 0 Å². The van der Waals surface area contributed by atoms with Crippen molar-refractivity contribution >= 4 is 29.6 Å². The number of morpholine rings is 1. The Morgan fingerprint density at radius 3 is 2.06 bits per heavy atom. The van der Waals surface area contributed by atoms with Gasteiger partial charge < -0.3 is 29.7 Å². The van der Waals surface area contributed by atoms with Crippen molar-refractivity contribution in [1.29, 1.82) is 0 Å². The second-order valence-corrected chi connectivity index (χ2v) is 16.1. The number of ether oxygens (including phenoxy) is 3. The van der Waals surface area contributed by atoms with Gasteiger partial charge in [-0.3, -0.25) is 19.3 Å². The summed E-state index contributed by atoms with van der Waals surface area (Å²) in [5, 5.41) is 24.7. The van der Waals surface area contributed by atoms with Crippen LogP contribution in [0.2, 0.25) is 0 Å². The predicted octanol–water partition coefficient (Wildman–Crippen LogP) is 7.69. The first-order valence-corrected chi connectivity index (χ1v) is 21.3. The van der Waals surface area contributed by atoms with E-state index in [1.54, 1.807) is 85.7 Å². The Morgan fingerprint density at radius 1 is 0.785 bits per heavy atom. The highest BCUT2D eigenvalue weighted by Gasteiger charge is 2.76. The minimum Gasteiger partial charge on any atom is -0.497 e. The Balaban J connectivity index is 1.33. The van der Waals surface area contributed by atoms with E-state index in [4.69, 9.17) is 14.2 Å². The van der Waals surface area contributed by atoms with Gasteiger partial charge in [0.05, 0.1) is 37.5 Å². The van der Waals surface area contributed by atoms with Crippen molar-refractivity contribution < 1.29 is 43.6 Å². The van der Waals surface area contributed by atoms with Crippen LogP contribution < -0.4 is 19.7 Å². The first kappa shape index (κ1) is 42.6. The number of para-hydroxylation sites is 1. The molecule has 0 aliphatic carbocycles. The Morgan fingerprint density at radius 2 is 1.40 bits per heavy atom. The molecule has 2 saturated heterocycles. The van der Waals surface area contributed by atoms with Gasteiger partial charge >= 0.3 is 18.0 Å². The number of hydrogen-bond donors (Lipinski definition) is 3. The lowest BCUT2D eigenvalue weighted by Gasteiger charge is -2.46. The largest absolute Gasteiger partial charge is 0.497 e. The summed E-state index contributed by atoms with van der Waals surface area (Å²) in [5.41, 5.74) is 1.70. The maximum atomic E-state index is 16.3. The molecule has 3 aliphatic rings. The number of cyclic esters (lactones) is 1. The molecule has 326 valence electrons. The minimum atomic E-state index is -2.20. The number of benzene rings is 6. The molecule has 9 rings (SSSR count). The van der Waals surface area contributed by atoms with Crippen LogP contribution in [0.15, 0.2) is 158 Å². The summed E-state index contributed by atoms with van der Waals surface area (Å²) < 4.78 is 17.9. The van der Waals surface area contributed by atoms with Crippen molar-refractivity contribution in [1.82, 2.24) is 10.2 Å². The van der Waals surface area contributed by atoms with Crippen molar-refractivity contribution in [3.05, 3.63) is 197 Å². The number of fused-ring (bicyclic) bond motifs is 3. The van der Waals surface area contributed by atoms with Crippen LogP contribution >= 0.6 is 0 Å². The lowest BCUT2D eigenvalue weighted by Crippen LogP contribution is -2.54. The van der Waals surface area contributed by atoms with E-state index < -0.39 is 65.5 Å². The number of carbonyl (C=O) groups excluding carboxylic acids is 3. The number of carboxylic acids is 1. The lowest BCUT2D eigenvalue weighted by atomic mass is 9.65. The van der Waals surface area contributed by atoms with Crippen LogP contribution in [0.1, 0.15) is 70.1 Å². The summed E-state index contributed by atoms with van der Waals surface area (Å²) >= 11 is 0. The summed E-state index contributed by atoms with van der Waals surface area (Å²) in [6.45, 7) is 1.33. The number of aliphatic hydroxyl groups excluding tert-OH is 1. The number of rotatable bonds is 10. The number of aliphatic carboxylic acids is 1. The summed E-state index contributed by atoms with van der Waals surface area (Å²) in [6, 6.07) is 41.7. The molecular formula is C53H45N3O9. The number of methoxy groups -OCH3 is 1. The monoisotopic (exact) mass is 867 g/mol. The van der Waals surface area contributed by atoms with Gasteiger partial charge in [0.25, 0.3) is 0 Å². The number of nitrogens with one attached hydrogen (secondary N) is 1. The molecule has 12 nitrogen and oxygen atoms in total. The topological polar surface area (TPSA) is 155 Å². The van der Waals surface area contributed by atoms with Gasteiger partial charge in [-0.1, -0.05) is 121 Å². The highest BCUT2D eigenvalue weighted by Crippen LogP contribution is 2.66. The zero-order valence-electron chi connectivity index (χ0n) is 35.5. The molecule has 12 heteroatoms. The molecule has 65 heavy (non-hydrogen) atoms. The van der Waals surface area contributed by atoms with Crippen LogP contribution in [0.25, 0.3) is 0 Å². The summed E-state index contributed by atoms with van der Waals surface area (Å²) in [6.07, 6.45) is -0.969.